The number of fused-ring (bicyclic) bond motifs is 3. The minimum absolute atomic E-state index is 0.0891. The van der Waals surface area contributed by atoms with E-state index in [9.17, 15) is 5.11 Å². The van der Waals surface area contributed by atoms with Gasteiger partial charge in [0.05, 0.1) is 28.6 Å². The van der Waals surface area contributed by atoms with Crippen LogP contribution in [0, 0.1) is 18.3 Å². The smallest absolute Gasteiger partial charge is 0.225 e. The molecule has 2 saturated heterocycles. The minimum Gasteiger partial charge on any atom is -0.390 e. The van der Waals surface area contributed by atoms with Crippen molar-refractivity contribution in [3.05, 3.63) is 22.7 Å². The van der Waals surface area contributed by atoms with E-state index >= 15 is 0 Å². The number of aliphatic hydroxyl groups excluding tert-OH is 1. The van der Waals surface area contributed by atoms with E-state index in [2.05, 4.69) is 44.8 Å². The normalized spacial score (nSPS) is 23.2. The van der Waals surface area contributed by atoms with E-state index in [0.717, 1.165) is 35.4 Å². The monoisotopic (exact) mass is 452 g/mol. The first kappa shape index (κ1) is 21.1. The number of piperidine rings is 2. The number of rotatable bonds is 7. The van der Waals surface area contributed by atoms with E-state index in [1.807, 2.05) is 0 Å². The summed E-state index contributed by atoms with van der Waals surface area (Å²) in [6.45, 7) is 2.86. The number of hydrogen-bond acceptors (Lipinski definition) is 9. The maximum atomic E-state index is 9.30. The van der Waals surface area contributed by atoms with Crippen LogP contribution in [0.5, 0.6) is 0 Å². The van der Waals surface area contributed by atoms with Crippen LogP contribution in [0.4, 0.5) is 17.6 Å². The van der Waals surface area contributed by atoms with Gasteiger partial charge in [-0.25, -0.2) is 4.98 Å². The second-order valence-electron chi connectivity index (χ2n) is 8.73. The number of nitrogens with one attached hydrogen (secondary N) is 3. The van der Waals surface area contributed by atoms with E-state index in [0.29, 0.717) is 42.0 Å². The summed E-state index contributed by atoms with van der Waals surface area (Å²) >= 11 is 1.65. The second-order valence-corrected chi connectivity index (χ2v) is 9.98. The third-order valence-electron chi connectivity index (χ3n) is 6.48. The first-order valence-corrected chi connectivity index (χ1v) is 12.0. The molecule has 2 atom stereocenters. The number of hydrogen-bond donors (Lipinski definition) is 4. The summed E-state index contributed by atoms with van der Waals surface area (Å²) < 4.78 is 0.991. The summed E-state index contributed by atoms with van der Waals surface area (Å²) in [5.41, 5.74) is 1.56. The maximum Gasteiger partial charge on any atom is 0.225 e. The van der Waals surface area contributed by atoms with Gasteiger partial charge in [-0.2, -0.15) is 15.3 Å². The van der Waals surface area contributed by atoms with Crippen LogP contribution in [0.1, 0.15) is 49.1 Å². The first-order valence-electron chi connectivity index (χ1n) is 11.2. The van der Waals surface area contributed by atoms with Gasteiger partial charge in [-0.3, -0.25) is 10.00 Å². The fraction of sp³-hybridized carbons (Fsp3) is 0.545. The van der Waals surface area contributed by atoms with Crippen molar-refractivity contribution in [2.24, 2.45) is 0 Å². The summed E-state index contributed by atoms with van der Waals surface area (Å²) in [4.78, 5) is 13.3. The van der Waals surface area contributed by atoms with Gasteiger partial charge in [0.15, 0.2) is 11.6 Å². The molecule has 2 fully saturated rings. The molecule has 5 heterocycles. The van der Waals surface area contributed by atoms with Gasteiger partial charge in [-0.1, -0.05) is 6.42 Å². The number of aryl methyl sites for hydroxylation is 1. The van der Waals surface area contributed by atoms with Crippen molar-refractivity contribution in [3.8, 4) is 6.07 Å². The van der Waals surface area contributed by atoms with E-state index in [4.69, 9.17) is 15.2 Å². The van der Waals surface area contributed by atoms with Gasteiger partial charge in [-0.05, 0) is 38.7 Å². The van der Waals surface area contributed by atoms with Gasteiger partial charge in [0.2, 0.25) is 5.95 Å². The van der Waals surface area contributed by atoms with Gasteiger partial charge >= 0.3 is 0 Å². The van der Waals surface area contributed by atoms with Crippen LogP contribution in [0.15, 0.2) is 12.1 Å². The number of thiophene rings is 1. The van der Waals surface area contributed by atoms with Gasteiger partial charge in [0.25, 0.3) is 0 Å². The van der Waals surface area contributed by atoms with Crippen molar-refractivity contribution >= 4 is 39.1 Å². The number of nitriles is 1. The highest BCUT2D eigenvalue weighted by molar-refractivity contribution is 7.19. The lowest BCUT2D eigenvalue weighted by molar-refractivity contribution is 0.0369. The minimum atomic E-state index is -0.0891. The number of nitrogens with zero attached hydrogens (tertiary/aromatic N) is 5. The summed E-state index contributed by atoms with van der Waals surface area (Å²) in [7, 11) is 0. The Morgan fingerprint density at radius 2 is 2.09 bits per heavy atom. The molecule has 9 nitrogen and oxygen atoms in total. The lowest BCUT2D eigenvalue weighted by Gasteiger charge is -2.48. The van der Waals surface area contributed by atoms with Crippen LogP contribution in [0.2, 0.25) is 0 Å². The standard InChI is InChI=1S/C22H28N8OS/c1-13-8-18-20(32-13)21(26-19-11-15(12-31)28-29-19)27-22(25-18)24-14-9-16-4-2-5-17(10-14)30(16)7-3-6-23/h8,11,14,16-17,31H,2-5,7,9-10,12H2,1H3,(H3,24,25,26,27,28,29). The number of aromatic amines is 1. The zero-order chi connectivity index (χ0) is 22.1. The third-order valence-corrected chi connectivity index (χ3v) is 7.53. The van der Waals surface area contributed by atoms with Crippen molar-refractivity contribution < 1.29 is 5.11 Å². The number of aliphatic hydroxyl groups is 1. The molecule has 3 aromatic rings. The average molecular weight is 453 g/mol. The molecular weight excluding hydrogens is 424 g/mol. The van der Waals surface area contributed by atoms with Crippen molar-refractivity contribution in [1.29, 1.82) is 5.26 Å². The van der Waals surface area contributed by atoms with E-state index < -0.39 is 0 Å². The van der Waals surface area contributed by atoms with Crippen molar-refractivity contribution in [2.45, 2.75) is 70.2 Å². The Morgan fingerprint density at radius 3 is 2.81 bits per heavy atom. The highest BCUT2D eigenvalue weighted by Gasteiger charge is 2.38. The molecule has 4 N–H and O–H groups in total. The van der Waals surface area contributed by atoms with E-state index in [1.165, 1.54) is 24.1 Å². The molecule has 168 valence electrons. The average Bonchev–Trinajstić information content (AvgIpc) is 3.37. The van der Waals surface area contributed by atoms with Crippen molar-refractivity contribution in [1.82, 2.24) is 25.1 Å². The molecule has 5 rings (SSSR count). The lowest BCUT2D eigenvalue weighted by atomic mass is 9.81. The molecule has 3 aromatic heterocycles. The number of aromatic nitrogens is 4. The molecule has 0 aromatic carbocycles. The molecule has 2 unspecified atom stereocenters. The molecule has 2 aliphatic heterocycles. The molecule has 0 spiro atoms. The highest BCUT2D eigenvalue weighted by Crippen LogP contribution is 2.36. The number of anilines is 3. The van der Waals surface area contributed by atoms with E-state index in [-0.39, 0.29) is 6.61 Å². The SMILES string of the molecule is Cc1cc2nc(NC3CC4CCCC(C3)N4CCC#N)nc(Nc3cc(CO)[nH]n3)c2s1. The molecule has 0 saturated carbocycles. The Hall–Kier alpha value is -2.74. The Labute approximate surface area is 190 Å². The van der Waals surface area contributed by atoms with Crippen LogP contribution >= 0.6 is 11.3 Å². The van der Waals surface area contributed by atoms with Gasteiger partial charge in [-0.15, -0.1) is 11.3 Å². The Balaban J connectivity index is 1.37. The Morgan fingerprint density at radius 1 is 1.28 bits per heavy atom. The fourth-order valence-electron chi connectivity index (χ4n) is 5.15. The van der Waals surface area contributed by atoms with Crippen LogP contribution in [-0.2, 0) is 6.61 Å². The number of H-pyrrole nitrogens is 1. The summed E-state index contributed by atoms with van der Waals surface area (Å²) in [5.74, 6) is 1.97. The molecule has 10 heteroatoms. The zero-order valence-electron chi connectivity index (χ0n) is 18.1. The lowest BCUT2D eigenvalue weighted by Crippen LogP contribution is -2.55. The van der Waals surface area contributed by atoms with Crippen LogP contribution in [0.25, 0.3) is 10.2 Å². The van der Waals surface area contributed by atoms with Crippen molar-refractivity contribution in [3.63, 3.8) is 0 Å². The predicted octanol–water partition coefficient (Wildman–Crippen LogP) is 3.67. The molecule has 2 bridgehead atoms. The van der Waals surface area contributed by atoms with Crippen LogP contribution in [-0.4, -0.2) is 54.8 Å². The fourth-order valence-corrected chi connectivity index (χ4v) is 6.04. The molecular formula is C22H28N8OS. The van der Waals surface area contributed by atoms with Crippen LogP contribution in [0.3, 0.4) is 0 Å². The zero-order valence-corrected chi connectivity index (χ0v) is 19.0. The highest BCUT2D eigenvalue weighted by atomic mass is 32.1. The molecule has 32 heavy (non-hydrogen) atoms. The largest absolute Gasteiger partial charge is 0.390 e. The summed E-state index contributed by atoms with van der Waals surface area (Å²) in [6.07, 6.45) is 6.37. The molecule has 2 aliphatic rings. The summed E-state index contributed by atoms with van der Waals surface area (Å²) in [5, 5.41) is 32.2. The first-order chi connectivity index (χ1) is 15.6. The van der Waals surface area contributed by atoms with Gasteiger partial charge in [0.1, 0.15) is 0 Å². The molecule has 0 radical (unpaired) electrons. The quantitative estimate of drug-likeness (QED) is 0.428. The van der Waals surface area contributed by atoms with E-state index in [1.54, 1.807) is 17.4 Å². The Kier molecular flexibility index (Phi) is 5.95. The van der Waals surface area contributed by atoms with Crippen molar-refractivity contribution in [2.75, 3.05) is 17.2 Å². The van der Waals surface area contributed by atoms with Gasteiger partial charge < -0.3 is 15.7 Å². The molecule has 0 aliphatic carbocycles. The Bertz CT molecular complexity index is 1120. The second kappa shape index (κ2) is 9.02. The topological polar surface area (TPSA) is 126 Å². The third kappa shape index (κ3) is 4.28. The molecule has 0 amide bonds. The predicted molar refractivity (Wildman–Crippen MR) is 125 cm³/mol. The van der Waals surface area contributed by atoms with Gasteiger partial charge in [0, 0.05) is 42.0 Å². The maximum absolute atomic E-state index is 9.30. The van der Waals surface area contributed by atoms with Crippen LogP contribution < -0.4 is 10.6 Å². The summed E-state index contributed by atoms with van der Waals surface area (Å²) in [6, 6.07) is 7.54.